The number of nitrogens with zero attached hydrogens (tertiary/aromatic N) is 8. The molecule has 3 fully saturated rings. The van der Waals surface area contributed by atoms with Gasteiger partial charge in [-0.25, -0.2) is 41.9 Å². The number of para-hydroxylation sites is 2. The summed E-state index contributed by atoms with van der Waals surface area (Å²) in [5, 5.41) is 7.61. The van der Waals surface area contributed by atoms with Gasteiger partial charge in [0, 0.05) is 138 Å². The molecule has 98 heavy (non-hydrogen) atoms. The Labute approximate surface area is 579 Å². The van der Waals surface area contributed by atoms with Crippen LogP contribution in [0, 0.1) is 31.3 Å². The second-order valence-corrected chi connectivity index (χ2v) is 21.8. The molecular formula is C69H84Cl2F3N13O11. The molecule has 5 aromatic carbocycles. The lowest BCUT2D eigenvalue weighted by atomic mass is 10.1. The number of benzene rings is 5. The highest BCUT2D eigenvalue weighted by atomic mass is 35.5. The average molecular weight is 1400 g/mol. The number of aromatic nitrogens is 2. The maximum Gasteiger partial charge on any atom is 0.417 e. The molecule has 7 aromatic rings. The molecule has 0 atom stereocenters. The summed E-state index contributed by atoms with van der Waals surface area (Å²) in [4.78, 5) is 87.9. The summed E-state index contributed by atoms with van der Waals surface area (Å²) >= 11 is 4.95. The van der Waals surface area contributed by atoms with E-state index < -0.39 is 29.2 Å². The summed E-state index contributed by atoms with van der Waals surface area (Å²) < 4.78 is 67.2. The summed E-state index contributed by atoms with van der Waals surface area (Å²) in [6.45, 7) is 17.4. The molecule has 0 spiro atoms. The van der Waals surface area contributed by atoms with Gasteiger partial charge in [0.15, 0.2) is 17.5 Å². The molecule has 0 aliphatic carbocycles. The van der Waals surface area contributed by atoms with E-state index in [0.717, 1.165) is 17.1 Å². The predicted molar refractivity (Wildman–Crippen MR) is 374 cm³/mol. The van der Waals surface area contributed by atoms with Crippen LogP contribution in [0.1, 0.15) is 35.0 Å². The lowest BCUT2D eigenvalue weighted by Gasteiger charge is -2.33. The minimum Gasteiger partial charge on any atom is -0.453 e. The van der Waals surface area contributed by atoms with E-state index in [4.69, 9.17) is 37.3 Å². The van der Waals surface area contributed by atoms with Gasteiger partial charge < -0.3 is 60.5 Å². The van der Waals surface area contributed by atoms with E-state index in [-0.39, 0.29) is 53.6 Å². The van der Waals surface area contributed by atoms with Crippen molar-refractivity contribution in [2.45, 2.75) is 40.4 Å². The number of carbonyl (C=O) groups excluding carboxylic acids is 6. The largest absolute Gasteiger partial charge is 0.453 e. The van der Waals surface area contributed by atoms with Gasteiger partial charge in [-0.2, -0.15) is 0 Å². The lowest BCUT2D eigenvalue weighted by molar-refractivity contribution is 0.0880. The zero-order valence-corrected chi connectivity index (χ0v) is 57.0. The number of amides is 6. The first-order valence-electron chi connectivity index (χ1n) is 30.6. The lowest BCUT2D eigenvalue weighted by Crippen LogP contribution is -2.48. The molecule has 24 nitrogen and oxygen atoms in total. The van der Waals surface area contributed by atoms with E-state index in [9.17, 15) is 41.9 Å². The van der Waals surface area contributed by atoms with Gasteiger partial charge in [0.25, 0.3) is 0 Å². The fourth-order valence-electron chi connectivity index (χ4n) is 9.31. The molecule has 2 aromatic heterocycles. The van der Waals surface area contributed by atoms with E-state index in [0.29, 0.717) is 132 Å². The summed E-state index contributed by atoms with van der Waals surface area (Å²) in [6.07, 6.45) is 3.17. The van der Waals surface area contributed by atoms with Crippen LogP contribution in [0.3, 0.4) is 0 Å². The molecule has 10 rings (SSSR count). The number of methoxy groups -OCH3 is 3. The molecule has 5 heterocycles. The molecule has 0 saturated carbocycles. The van der Waals surface area contributed by atoms with Crippen molar-refractivity contribution in [3.05, 3.63) is 210 Å². The summed E-state index contributed by atoms with van der Waals surface area (Å²) in [6, 6.07) is 38.7. The third-order valence-electron chi connectivity index (χ3n) is 14.3. The van der Waals surface area contributed by atoms with Crippen LogP contribution in [0.15, 0.2) is 165 Å². The number of nitrogens with two attached hydrogens (primary N) is 2. The van der Waals surface area contributed by atoms with Crippen LogP contribution in [0.4, 0.5) is 70.4 Å². The van der Waals surface area contributed by atoms with Gasteiger partial charge in [-0.1, -0.05) is 78.9 Å². The van der Waals surface area contributed by atoms with Gasteiger partial charge in [-0.05, 0) is 87.5 Å². The van der Waals surface area contributed by atoms with Crippen molar-refractivity contribution in [3.8, 4) is 11.5 Å². The summed E-state index contributed by atoms with van der Waals surface area (Å²) in [7, 11) is 4.08. The van der Waals surface area contributed by atoms with E-state index in [1.807, 2.05) is 43.9 Å². The second-order valence-electron chi connectivity index (χ2n) is 21.5. The van der Waals surface area contributed by atoms with Gasteiger partial charge in [-0.15, -0.1) is 19.0 Å². The maximum absolute atomic E-state index is 14.9. The number of piperazine rings is 3. The van der Waals surface area contributed by atoms with Crippen LogP contribution in [0.2, 0.25) is 0 Å². The van der Waals surface area contributed by atoms with Crippen molar-refractivity contribution < 1.29 is 65.6 Å². The number of nitrogen functional groups attached to an aromatic ring is 2. The minimum atomic E-state index is -0.814. The predicted octanol–water partition coefficient (Wildman–Crippen LogP) is 12.7. The molecule has 3 saturated heterocycles. The van der Waals surface area contributed by atoms with E-state index in [1.54, 1.807) is 136 Å². The zero-order valence-electron chi connectivity index (χ0n) is 55.5. The average Bonchev–Trinajstić information content (AvgIpc) is 0.874. The van der Waals surface area contributed by atoms with Crippen LogP contribution in [-0.2, 0) is 33.8 Å². The van der Waals surface area contributed by atoms with Gasteiger partial charge in [0.05, 0.1) is 62.2 Å². The number of ether oxygens (including phenoxy) is 5. The Kier molecular flexibility index (Phi) is 35.3. The van der Waals surface area contributed by atoms with E-state index >= 15 is 0 Å². The SMILES string of the molecule is C=CC.COC(=O)N1CCN(Cc2cccc(N)c2F)CC1.COC(=O)N1CCN(Cc2cccc(NC(=O)Nc3ccc(C)nc3)c2F)CC1.COC(=O)N1CCN(Cc2cccc(NC(=O)Oc3ccccc3)c2F)CC1.Cc1ccc(N)cn1.Cl.O=C(Cl)Oc1ccccc1. The fourth-order valence-corrected chi connectivity index (χ4v) is 9.40. The first-order chi connectivity index (χ1) is 46.6. The number of anilines is 5. The van der Waals surface area contributed by atoms with Crippen molar-refractivity contribution in [2.75, 3.05) is 127 Å². The number of nitrogens with one attached hydrogen (secondary N) is 3. The quantitative estimate of drug-likeness (QED) is 0.0348. The summed E-state index contributed by atoms with van der Waals surface area (Å²) in [5.74, 6) is -0.483. The smallest absolute Gasteiger partial charge is 0.417 e. The molecule has 0 bridgehead atoms. The van der Waals surface area contributed by atoms with Crippen molar-refractivity contribution in [1.29, 1.82) is 0 Å². The number of pyridine rings is 2. The number of hydrogen-bond donors (Lipinski definition) is 5. The number of urea groups is 1. The standard InChI is InChI=1S/C20H24FN5O3.C20H22FN3O4.C13H18FN3O2.C7H5ClO2.C6H8N2.C3H6.ClH/c1-14-6-7-16(12-22-14)23-19(27)24-17-5-3-4-15(18(17)21)13-25-8-10-26(11-9-25)20(28)29-2;1-27-20(26)24-12-10-23(11-13-24)14-15-6-5-9-17(18(15)21)22-19(25)28-16-7-3-2-4-8-16;1-19-13(18)17-7-5-16(6-8-17)9-10-3-2-4-11(15)12(10)14;8-7(9)10-6-4-2-1-3-5-6;1-5-2-3-6(7)4-8-5;1-3-2;/h3-7,12H,8-11,13H2,1-2H3,(H2,23,24,27);2-9H,10-14H2,1H3,(H,22,25);2-4H,5-9,15H2,1H3;1-5H;2-4H,7H2,1H3;3H,1H2,2H3;1H. The van der Waals surface area contributed by atoms with Gasteiger partial charge in [0.2, 0.25) is 0 Å². The normalized spacial score (nSPS) is 13.3. The molecule has 3 aliphatic heterocycles. The molecule has 0 unspecified atom stereocenters. The first-order valence-corrected chi connectivity index (χ1v) is 31.0. The van der Waals surface area contributed by atoms with Crippen molar-refractivity contribution in [3.63, 3.8) is 0 Å². The van der Waals surface area contributed by atoms with Gasteiger partial charge in [0.1, 0.15) is 11.5 Å². The number of halogens is 5. The highest BCUT2D eigenvalue weighted by molar-refractivity contribution is 6.61. The number of aryl methyl sites for hydroxylation is 2. The topological polar surface area (TPSA) is 282 Å². The van der Waals surface area contributed by atoms with Crippen molar-refractivity contribution in [1.82, 2.24) is 39.4 Å². The highest BCUT2D eigenvalue weighted by Crippen LogP contribution is 2.24. The maximum atomic E-state index is 14.9. The third kappa shape index (κ3) is 28.3. The minimum absolute atomic E-state index is 0. The monoisotopic (exact) mass is 1400 g/mol. The summed E-state index contributed by atoms with van der Waals surface area (Å²) in [5.41, 5.74) is 15.0. The zero-order chi connectivity index (χ0) is 70.7. The molecule has 526 valence electrons. The Morgan fingerprint density at radius 2 is 0.878 bits per heavy atom. The van der Waals surface area contributed by atoms with Crippen LogP contribution < -0.4 is 36.9 Å². The Balaban J connectivity index is 0.000000274. The number of rotatable bonds is 11. The number of carbonyl (C=O) groups is 6. The molecule has 7 N–H and O–H groups in total. The third-order valence-corrected chi connectivity index (χ3v) is 14.4. The Morgan fingerprint density at radius 1 is 0.500 bits per heavy atom. The van der Waals surface area contributed by atoms with Crippen LogP contribution in [-0.4, -0.2) is 175 Å². The van der Waals surface area contributed by atoms with E-state index in [2.05, 4.69) is 51.8 Å². The Hall–Kier alpha value is -10.2. The highest BCUT2D eigenvalue weighted by Gasteiger charge is 2.26. The van der Waals surface area contributed by atoms with Crippen molar-refractivity contribution in [2.24, 2.45) is 0 Å². The van der Waals surface area contributed by atoms with Gasteiger partial charge >= 0.3 is 35.8 Å². The molecule has 0 radical (unpaired) electrons. The van der Waals surface area contributed by atoms with E-state index in [1.165, 1.54) is 39.7 Å². The Bertz CT molecular complexity index is 3590. The molecule has 6 amide bonds. The molecular weight excluding hydrogens is 1310 g/mol. The van der Waals surface area contributed by atoms with Crippen molar-refractivity contribution >= 4 is 88.3 Å². The Morgan fingerprint density at radius 3 is 1.24 bits per heavy atom. The van der Waals surface area contributed by atoms with Crippen LogP contribution in [0.25, 0.3) is 0 Å². The molecule has 3 aliphatic rings. The fraction of sp³-hybridized carbons (Fsp3) is 0.304. The van der Waals surface area contributed by atoms with Crippen LogP contribution >= 0.6 is 24.0 Å². The number of allylic oxidation sites excluding steroid dienone is 1. The van der Waals surface area contributed by atoms with Crippen LogP contribution in [0.5, 0.6) is 11.5 Å². The first kappa shape index (κ1) is 80.2. The number of hydrogen-bond acceptors (Lipinski definition) is 18. The molecule has 29 heteroatoms. The van der Waals surface area contributed by atoms with Gasteiger partial charge in [-0.3, -0.25) is 30.0 Å². The second kappa shape index (κ2) is 43.1.